The third kappa shape index (κ3) is 5.05. The van der Waals surface area contributed by atoms with E-state index in [1.807, 2.05) is 6.07 Å². The van der Waals surface area contributed by atoms with E-state index in [1.165, 1.54) is 17.8 Å². The van der Waals surface area contributed by atoms with Gasteiger partial charge >= 0.3 is 5.97 Å². The van der Waals surface area contributed by atoms with Crippen molar-refractivity contribution in [2.75, 3.05) is 17.7 Å². The fourth-order valence-electron chi connectivity index (χ4n) is 1.54. The van der Waals surface area contributed by atoms with Crippen LogP contribution in [0.25, 0.3) is 0 Å². The number of aromatic nitrogens is 2. The maximum atomic E-state index is 12.1. The first-order valence-corrected chi connectivity index (χ1v) is 8.36. The Kier molecular flexibility index (Phi) is 6.08. The minimum Gasteiger partial charge on any atom is -0.465 e. The average molecular weight is 348 g/mol. The normalized spacial score (nSPS) is 9.91. The number of carbonyl (C=O) groups excluding carboxylic acids is 2. The highest BCUT2D eigenvalue weighted by Crippen LogP contribution is 2.25. The van der Waals surface area contributed by atoms with Crippen molar-refractivity contribution in [3.8, 4) is 6.07 Å². The fourth-order valence-corrected chi connectivity index (χ4v) is 3.09. The van der Waals surface area contributed by atoms with Gasteiger partial charge in [-0.3, -0.25) is 14.9 Å². The molecule has 2 rings (SSSR count). The quantitative estimate of drug-likeness (QED) is 0.485. The van der Waals surface area contributed by atoms with Gasteiger partial charge in [0.15, 0.2) is 4.34 Å². The minimum atomic E-state index is -0.375. The maximum Gasteiger partial charge on any atom is 0.316 e. The monoisotopic (exact) mass is 348 g/mol. The van der Waals surface area contributed by atoms with E-state index in [1.54, 1.807) is 25.1 Å². The van der Waals surface area contributed by atoms with Crippen molar-refractivity contribution in [1.29, 1.82) is 5.26 Å². The predicted octanol–water partition coefficient (Wildman–Crippen LogP) is 2.32. The second kappa shape index (κ2) is 8.26. The Morgan fingerprint density at radius 1 is 1.43 bits per heavy atom. The van der Waals surface area contributed by atoms with Gasteiger partial charge in [-0.1, -0.05) is 29.2 Å². The summed E-state index contributed by atoms with van der Waals surface area (Å²) >= 11 is 2.36. The number of nitrogens with zero attached hydrogens (tertiary/aromatic N) is 3. The molecular weight excluding hydrogens is 336 g/mol. The molecule has 0 saturated carbocycles. The minimum absolute atomic E-state index is 0.140. The lowest BCUT2D eigenvalue weighted by atomic mass is 10.1. The van der Waals surface area contributed by atoms with E-state index in [0.29, 0.717) is 27.2 Å². The Bertz CT molecular complexity index is 754. The van der Waals surface area contributed by atoms with Gasteiger partial charge in [0.05, 0.1) is 24.0 Å². The lowest BCUT2D eigenvalue weighted by Gasteiger charge is -2.01. The zero-order chi connectivity index (χ0) is 16.7. The highest BCUT2D eigenvalue weighted by molar-refractivity contribution is 8.01. The molecule has 0 bridgehead atoms. The second-order valence-electron chi connectivity index (χ2n) is 4.11. The van der Waals surface area contributed by atoms with Crippen molar-refractivity contribution in [2.45, 2.75) is 11.3 Å². The predicted molar refractivity (Wildman–Crippen MR) is 86.4 cm³/mol. The zero-order valence-corrected chi connectivity index (χ0v) is 13.7. The number of hydrogen-bond donors (Lipinski definition) is 1. The smallest absolute Gasteiger partial charge is 0.316 e. The first-order chi connectivity index (χ1) is 11.1. The van der Waals surface area contributed by atoms with E-state index < -0.39 is 0 Å². The molecule has 118 valence electrons. The van der Waals surface area contributed by atoms with E-state index >= 15 is 0 Å². The Labute approximate surface area is 140 Å². The third-order valence-electron chi connectivity index (χ3n) is 2.50. The summed E-state index contributed by atoms with van der Waals surface area (Å²) in [4.78, 5) is 23.3. The number of nitriles is 1. The average Bonchev–Trinajstić information content (AvgIpc) is 3.00. The highest BCUT2D eigenvalue weighted by Gasteiger charge is 2.12. The van der Waals surface area contributed by atoms with E-state index in [9.17, 15) is 9.59 Å². The van der Waals surface area contributed by atoms with Crippen LogP contribution in [0.4, 0.5) is 5.13 Å². The van der Waals surface area contributed by atoms with Gasteiger partial charge in [0.25, 0.3) is 5.91 Å². The number of ether oxygens (including phenoxy) is 1. The molecule has 0 saturated heterocycles. The Hall–Kier alpha value is -2.44. The molecule has 0 spiro atoms. The van der Waals surface area contributed by atoms with Gasteiger partial charge in [-0.05, 0) is 25.1 Å². The topological polar surface area (TPSA) is 105 Å². The number of amides is 1. The molecule has 23 heavy (non-hydrogen) atoms. The van der Waals surface area contributed by atoms with Gasteiger partial charge < -0.3 is 4.74 Å². The van der Waals surface area contributed by atoms with Crippen molar-refractivity contribution >= 4 is 40.1 Å². The largest absolute Gasteiger partial charge is 0.465 e. The van der Waals surface area contributed by atoms with E-state index in [0.717, 1.165) is 11.3 Å². The van der Waals surface area contributed by atoms with Gasteiger partial charge in [0.2, 0.25) is 5.13 Å². The summed E-state index contributed by atoms with van der Waals surface area (Å²) in [6.45, 7) is 2.07. The van der Waals surface area contributed by atoms with Crippen LogP contribution in [0.5, 0.6) is 0 Å². The molecule has 1 heterocycles. The van der Waals surface area contributed by atoms with Crippen LogP contribution in [-0.4, -0.2) is 34.4 Å². The number of anilines is 1. The van der Waals surface area contributed by atoms with Crippen LogP contribution in [0.2, 0.25) is 0 Å². The second-order valence-corrected chi connectivity index (χ2v) is 6.31. The summed E-state index contributed by atoms with van der Waals surface area (Å²) in [6, 6.07) is 8.32. The SMILES string of the molecule is CCOC(=O)CSc1nnc(NC(=O)c2cccc(C#N)c2)s1. The summed E-state index contributed by atoms with van der Waals surface area (Å²) in [7, 11) is 0. The van der Waals surface area contributed by atoms with E-state index in [-0.39, 0.29) is 17.6 Å². The highest BCUT2D eigenvalue weighted by atomic mass is 32.2. The lowest BCUT2D eigenvalue weighted by Crippen LogP contribution is -2.11. The number of hydrogen-bond acceptors (Lipinski definition) is 8. The molecule has 1 aromatic heterocycles. The fraction of sp³-hybridized carbons (Fsp3) is 0.214. The maximum absolute atomic E-state index is 12.1. The van der Waals surface area contributed by atoms with Gasteiger partial charge in [-0.2, -0.15) is 5.26 Å². The van der Waals surface area contributed by atoms with E-state index in [4.69, 9.17) is 10.00 Å². The standard InChI is InChI=1S/C14H12N4O3S2/c1-2-21-11(19)8-22-14-18-17-13(23-14)16-12(20)10-5-3-4-9(6-10)7-15/h3-6H,2,8H2,1H3,(H,16,17,20). The Morgan fingerprint density at radius 2 is 2.26 bits per heavy atom. The molecule has 0 unspecified atom stereocenters. The first kappa shape index (κ1) is 16.9. The van der Waals surface area contributed by atoms with Crippen molar-refractivity contribution in [3.63, 3.8) is 0 Å². The van der Waals surface area contributed by atoms with Crippen LogP contribution >= 0.6 is 23.1 Å². The summed E-state index contributed by atoms with van der Waals surface area (Å²) in [5.41, 5.74) is 0.764. The molecule has 1 N–H and O–H groups in total. The van der Waals surface area contributed by atoms with Crippen molar-refractivity contribution in [1.82, 2.24) is 10.2 Å². The molecule has 1 amide bonds. The van der Waals surface area contributed by atoms with Crippen molar-refractivity contribution < 1.29 is 14.3 Å². The summed E-state index contributed by atoms with van der Waals surface area (Å²) in [6.07, 6.45) is 0. The molecule has 0 aliphatic heterocycles. The Balaban J connectivity index is 1.94. The van der Waals surface area contributed by atoms with E-state index in [2.05, 4.69) is 15.5 Å². The number of nitrogens with one attached hydrogen (secondary N) is 1. The first-order valence-electron chi connectivity index (χ1n) is 6.55. The van der Waals surface area contributed by atoms with Crippen molar-refractivity contribution in [2.24, 2.45) is 0 Å². The summed E-state index contributed by atoms with van der Waals surface area (Å²) < 4.78 is 5.37. The third-order valence-corrected chi connectivity index (χ3v) is 4.45. The molecule has 0 aliphatic rings. The van der Waals surface area contributed by atoms with Crippen LogP contribution in [0.1, 0.15) is 22.8 Å². The molecular formula is C14H12N4O3S2. The van der Waals surface area contributed by atoms with Gasteiger partial charge in [-0.25, -0.2) is 0 Å². The van der Waals surface area contributed by atoms with Gasteiger partial charge in [0, 0.05) is 5.56 Å². The van der Waals surface area contributed by atoms with Crippen LogP contribution in [0.15, 0.2) is 28.6 Å². The van der Waals surface area contributed by atoms with Crippen LogP contribution in [0.3, 0.4) is 0 Å². The number of rotatable bonds is 6. The number of carbonyl (C=O) groups is 2. The van der Waals surface area contributed by atoms with Gasteiger partial charge in [-0.15, -0.1) is 10.2 Å². The van der Waals surface area contributed by atoms with Crippen LogP contribution < -0.4 is 5.32 Å². The van der Waals surface area contributed by atoms with Gasteiger partial charge in [0.1, 0.15) is 0 Å². The Morgan fingerprint density at radius 3 is 3.00 bits per heavy atom. The number of esters is 1. The molecule has 0 aliphatic carbocycles. The molecule has 9 heteroatoms. The molecule has 0 fully saturated rings. The summed E-state index contributed by atoms with van der Waals surface area (Å²) in [5.74, 6) is -0.563. The molecule has 1 aromatic carbocycles. The van der Waals surface area contributed by atoms with Crippen LogP contribution in [-0.2, 0) is 9.53 Å². The molecule has 0 radical (unpaired) electrons. The van der Waals surface area contributed by atoms with Crippen molar-refractivity contribution in [3.05, 3.63) is 35.4 Å². The lowest BCUT2D eigenvalue weighted by molar-refractivity contribution is -0.139. The molecule has 7 nitrogen and oxygen atoms in total. The zero-order valence-electron chi connectivity index (χ0n) is 12.1. The molecule has 0 atom stereocenters. The van der Waals surface area contributed by atoms with Crippen LogP contribution in [0, 0.1) is 11.3 Å². The molecule has 2 aromatic rings. The summed E-state index contributed by atoms with van der Waals surface area (Å²) in [5, 5.41) is 19.5. The number of thioether (sulfide) groups is 1. The number of benzene rings is 1.